The number of hydrogen-bond donors (Lipinski definition) is 2. The first-order chi connectivity index (χ1) is 12.6. The molecule has 26 heavy (non-hydrogen) atoms. The van der Waals surface area contributed by atoms with Gasteiger partial charge in [0.1, 0.15) is 0 Å². The predicted molar refractivity (Wildman–Crippen MR) is 110 cm³/mol. The fourth-order valence-corrected chi connectivity index (χ4v) is 3.91. The number of carbonyl (C=O) groups is 1. The topological polar surface area (TPSA) is 60.0 Å². The Morgan fingerprint density at radius 3 is 2.69 bits per heavy atom. The minimum absolute atomic E-state index is 0.181. The average molecular weight is 380 g/mol. The molecule has 0 aromatic carbocycles. The van der Waals surface area contributed by atoms with E-state index in [1.54, 1.807) is 6.92 Å². The van der Waals surface area contributed by atoms with Crippen molar-refractivity contribution in [2.24, 2.45) is 10.9 Å². The first kappa shape index (κ1) is 20.7. The highest BCUT2D eigenvalue weighted by molar-refractivity contribution is 7.09. The zero-order chi connectivity index (χ0) is 18.8. The lowest BCUT2D eigenvalue weighted by Gasteiger charge is -2.34. The molecule has 146 valence electrons. The molecule has 6 nitrogen and oxygen atoms in total. The number of rotatable bonds is 8. The molecule has 2 rings (SSSR count). The van der Waals surface area contributed by atoms with Gasteiger partial charge in [0.25, 0.3) is 0 Å². The van der Waals surface area contributed by atoms with Crippen LogP contribution in [0.25, 0.3) is 0 Å². The number of amides is 1. The molecule has 1 unspecified atom stereocenters. The maximum absolute atomic E-state index is 11.4. The van der Waals surface area contributed by atoms with Crippen LogP contribution in [0.4, 0.5) is 0 Å². The van der Waals surface area contributed by atoms with E-state index in [-0.39, 0.29) is 5.91 Å². The van der Waals surface area contributed by atoms with Gasteiger partial charge in [0.05, 0.1) is 0 Å². The summed E-state index contributed by atoms with van der Waals surface area (Å²) in [6.07, 6.45) is 1.08. The number of nitrogens with zero attached hydrogens (tertiary/aromatic N) is 3. The highest BCUT2D eigenvalue weighted by Crippen LogP contribution is 2.14. The highest BCUT2D eigenvalue weighted by atomic mass is 32.1. The first-order valence-corrected chi connectivity index (χ1v) is 10.5. The molecule has 1 amide bonds. The lowest BCUT2D eigenvalue weighted by Crippen LogP contribution is -2.50. The molecule has 0 spiro atoms. The Morgan fingerprint density at radius 1 is 1.31 bits per heavy atom. The van der Waals surface area contributed by atoms with Gasteiger partial charge in [0.15, 0.2) is 5.96 Å². The van der Waals surface area contributed by atoms with Crippen LogP contribution in [-0.4, -0.2) is 74.0 Å². The Hall–Kier alpha value is -1.60. The first-order valence-electron chi connectivity index (χ1n) is 9.61. The van der Waals surface area contributed by atoms with E-state index < -0.39 is 0 Å². The van der Waals surface area contributed by atoms with Crippen LogP contribution >= 0.6 is 11.3 Å². The van der Waals surface area contributed by atoms with E-state index in [0.717, 1.165) is 64.7 Å². The van der Waals surface area contributed by atoms with Crippen LogP contribution in [0, 0.1) is 5.92 Å². The summed E-state index contributed by atoms with van der Waals surface area (Å²) in [5, 5.41) is 8.89. The van der Waals surface area contributed by atoms with Crippen molar-refractivity contribution in [1.29, 1.82) is 0 Å². The molecule has 1 fully saturated rings. The van der Waals surface area contributed by atoms with E-state index in [4.69, 9.17) is 4.99 Å². The van der Waals surface area contributed by atoms with E-state index in [0.29, 0.717) is 5.92 Å². The van der Waals surface area contributed by atoms with Crippen LogP contribution in [0.2, 0.25) is 0 Å². The van der Waals surface area contributed by atoms with Gasteiger partial charge in [-0.05, 0) is 30.7 Å². The monoisotopic (exact) mass is 379 g/mol. The zero-order valence-electron chi connectivity index (χ0n) is 16.3. The maximum atomic E-state index is 11.4. The van der Waals surface area contributed by atoms with Crippen LogP contribution in [-0.2, 0) is 11.2 Å². The van der Waals surface area contributed by atoms with Crippen LogP contribution in [0.5, 0.6) is 0 Å². The number of piperazine rings is 1. The third kappa shape index (κ3) is 7.33. The minimum atomic E-state index is 0.181. The van der Waals surface area contributed by atoms with Crippen molar-refractivity contribution in [3.63, 3.8) is 0 Å². The number of guanidine groups is 1. The Labute approximate surface area is 161 Å². The van der Waals surface area contributed by atoms with Gasteiger partial charge < -0.3 is 15.5 Å². The molecule has 0 aliphatic carbocycles. The fourth-order valence-electron chi connectivity index (χ4n) is 3.04. The summed E-state index contributed by atoms with van der Waals surface area (Å²) in [5.41, 5.74) is 0. The van der Waals surface area contributed by atoms with E-state index in [2.05, 4.69) is 46.9 Å². The lowest BCUT2D eigenvalue weighted by atomic mass is 10.1. The van der Waals surface area contributed by atoms with Crippen molar-refractivity contribution in [2.75, 3.05) is 52.4 Å². The quantitative estimate of drug-likeness (QED) is 0.533. The van der Waals surface area contributed by atoms with Gasteiger partial charge in [-0.2, -0.15) is 0 Å². The highest BCUT2D eigenvalue weighted by Gasteiger charge is 2.17. The van der Waals surface area contributed by atoms with Gasteiger partial charge in [-0.25, -0.2) is 0 Å². The Kier molecular flexibility index (Phi) is 8.91. The number of hydrogen-bond acceptors (Lipinski definition) is 4. The molecule has 0 bridgehead atoms. The van der Waals surface area contributed by atoms with Gasteiger partial charge in [0.2, 0.25) is 5.91 Å². The summed E-state index contributed by atoms with van der Waals surface area (Å²) in [6, 6.07) is 4.30. The van der Waals surface area contributed by atoms with Gasteiger partial charge in [-0.3, -0.25) is 14.7 Å². The fraction of sp³-hybridized carbons (Fsp3) is 0.684. The van der Waals surface area contributed by atoms with E-state index in [1.807, 2.05) is 16.2 Å². The summed E-state index contributed by atoms with van der Waals surface area (Å²) < 4.78 is 0. The van der Waals surface area contributed by atoms with Gasteiger partial charge in [0, 0.05) is 64.2 Å². The van der Waals surface area contributed by atoms with E-state index in [9.17, 15) is 4.79 Å². The van der Waals surface area contributed by atoms with Crippen molar-refractivity contribution in [3.05, 3.63) is 22.4 Å². The molecule has 0 radical (unpaired) electrons. The van der Waals surface area contributed by atoms with Gasteiger partial charge in [-0.15, -0.1) is 11.3 Å². The summed E-state index contributed by atoms with van der Waals surface area (Å²) in [7, 11) is 0. The molecular weight excluding hydrogens is 346 g/mol. The van der Waals surface area contributed by atoms with Crippen molar-refractivity contribution >= 4 is 23.2 Å². The predicted octanol–water partition coefficient (Wildman–Crippen LogP) is 1.65. The van der Waals surface area contributed by atoms with Crippen LogP contribution in [0.3, 0.4) is 0 Å². The number of thiophene rings is 1. The van der Waals surface area contributed by atoms with Crippen LogP contribution in [0.15, 0.2) is 22.5 Å². The van der Waals surface area contributed by atoms with E-state index >= 15 is 0 Å². The van der Waals surface area contributed by atoms with Crippen molar-refractivity contribution in [3.8, 4) is 0 Å². The molecule has 1 aliphatic heterocycles. The van der Waals surface area contributed by atoms with Crippen molar-refractivity contribution in [1.82, 2.24) is 20.4 Å². The van der Waals surface area contributed by atoms with Crippen LogP contribution in [0.1, 0.15) is 25.6 Å². The lowest BCUT2D eigenvalue weighted by molar-refractivity contribution is -0.130. The normalized spacial score (nSPS) is 17.2. The smallest absolute Gasteiger partial charge is 0.219 e. The average Bonchev–Trinajstić information content (AvgIpc) is 3.13. The molecule has 1 aliphatic rings. The Balaban J connectivity index is 1.69. The minimum Gasteiger partial charge on any atom is -0.357 e. The summed E-state index contributed by atoms with van der Waals surface area (Å²) in [6.45, 7) is 13.1. The zero-order valence-corrected chi connectivity index (χ0v) is 17.1. The second-order valence-corrected chi connectivity index (χ2v) is 7.92. The second kappa shape index (κ2) is 11.2. The van der Waals surface area contributed by atoms with Crippen LogP contribution < -0.4 is 10.6 Å². The Morgan fingerprint density at radius 2 is 2.08 bits per heavy atom. The number of aliphatic imine (C=N–C) groups is 1. The third-order valence-electron chi connectivity index (χ3n) is 4.57. The Bertz CT molecular complexity index is 552. The van der Waals surface area contributed by atoms with E-state index in [1.165, 1.54) is 4.88 Å². The van der Waals surface area contributed by atoms with Gasteiger partial charge >= 0.3 is 0 Å². The van der Waals surface area contributed by atoms with Crippen molar-refractivity contribution in [2.45, 2.75) is 27.2 Å². The maximum Gasteiger partial charge on any atom is 0.219 e. The second-order valence-electron chi connectivity index (χ2n) is 6.88. The largest absolute Gasteiger partial charge is 0.357 e. The number of nitrogens with one attached hydrogen (secondary N) is 2. The SMILES string of the molecule is CCNC(=NCC(C)Cc1cccs1)NCCN1CCN(C(C)=O)CC1. The molecular formula is C19H33N5OS. The summed E-state index contributed by atoms with van der Waals surface area (Å²) in [4.78, 5) is 21.9. The molecule has 7 heteroatoms. The van der Waals surface area contributed by atoms with Gasteiger partial charge in [-0.1, -0.05) is 13.0 Å². The summed E-state index contributed by atoms with van der Waals surface area (Å²) in [5.74, 6) is 1.61. The third-order valence-corrected chi connectivity index (χ3v) is 5.47. The number of carbonyl (C=O) groups excluding carboxylic acids is 1. The molecule has 1 aromatic heterocycles. The molecule has 1 atom stereocenters. The van der Waals surface area contributed by atoms with Crippen molar-refractivity contribution < 1.29 is 4.79 Å². The molecule has 1 aromatic rings. The summed E-state index contributed by atoms with van der Waals surface area (Å²) >= 11 is 1.82. The standard InChI is InChI=1S/C19H33N5OS/c1-4-20-19(22-15-16(2)14-18-6-5-13-26-18)21-7-8-23-9-11-24(12-10-23)17(3)25/h5-6,13,16H,4,7-12,14-15H2,1-3H3,(H2,20,21,22). The molecule has 2 N–H and O–H groups in total. The molecule has 2 heterocycles. The molecule has 1 saturated heterocycles. The molecule has 0 saturated carbocycles.